The Kier molecular flexibility index (Phi) is 4.76. The van der Waals surface area contributed by atoms with Gasteiger partial charge in [-0.05, 0) is 37.1 Å². The average molecular weight is 348 g/mol. The highest BCUT2D eigenvalue weighted by molar-refractivity contribution is 6.33. The van der Waals surface area contributed by atoms with Crippen LogP contribution in [0.3, 0.4) is 0 Å². The normalized spacial score (nSPS) is 17.7. The second-order valence-electron chi connectivity index (χ2n) is 5.47. The lowest BCUT2D eigenvalue weighted by atomic mass is 10.0. The van der Waals surface area contributed by atoms with Crippen LogP contribution < -0.4 is 10.2 Å². The fourth-order valence-electron chi connectivity index (χ4n) is 2.72. The number of carbonyl (C=O) groups excluding carboxylic acids is 2. The maximum absolute atomic E-state index is 13.8. The van der Waals surface area contributed by atoms with Crippen LogP contribution in [0.1, 0.15) is 23.2 Å². The van der Waals surface area contributed by atoms with Crippen molar-refractivity contribution < 1.29 is 14.0 Å². The van der Waals surface area contributed by atoms with E-state index in [0.717, 1.165) is 12.5 Å². The third kappa shape index (κ3) is 3.23. The van der Waals surface area contributed by atoms with Gasteiger partial charge >= 0.3 is 0 Å². The first-order chi connectivity index (χ1) is 11.6. The van der Waals surface area contributed by atoms with Crippen molar-refractivity contribution in [2.24, 2.45) is 0 Å². The number of pyridine rings is 1. The zero-order chi connectivity index (χ0) is 17.1. The molecule has 1 atom stereocenters. The van der Waals surface area contributed by atoms with Crippen molar-refractivity contribution in [2.45, 2.75) is 18.9 Å². The van der Waals surface area contributed by atoms with Gasteiger partial charge in [-0.2, -0.15) is 0 Å². The molecule has 0 spiro atoms. The summed E-state index contributed by atoms with van der Waals surface area (Å²) in [6.07, 6.45) is 4.43. The molecule has 3 rings (SSSR count). The summed E-state index contributed by atoms with van der Waals surface area (Å²) in [7, 11) is 0. The Morgan fingerprint density at radius 1 is 1.33 bits per heavy atom. The van der Waals surface area contributed by atoms with E-state index >= 15 is 0 Å². The average Bonchev–Trinajstić information content (AvgIpc) is 2.57. The maximum Gasteiger partial charge on any atom is 0.256 e. The van der Waals surface area contributed by atoms with Crippen molar-refractivity contribution in [3.63, 3.8) is 0 Å². The van der Waals surface area contributed by atoms with Crippen molar-refractivity contribution >= 4 is 29.1 Å². The predicted octanol–water partition coefficient (Wildman–Crippen LogP) is 2.80. The van der Waals surface area contributed by atoms with Crippen molar-refractivity contribution in [3.05, 3.63) is 59.1 Å². The molecule has 2 heterocycles. The van der Waals surface area contributed by atoms with E-state index in [2.05, 4.69) is 10.3 Å². The maximum atomic E-state index is 13.8. The molecule has 1 fully saturated rings. The molecular formula is C17H15ClFN3O2. The van der Waals surface area contributed by atoms with Crippen LogP contribution in [0.25, 0.3) is 0 Å². The number of aromatic nitrogens is 1. The lowest BCUT2D eigenvalue weighted by Crippen LogP contribution is -2.52. The Morgan fingerprint density at radius 3 is 2.88 bits per heavy atom. The Hall–Kier alpha value is -2.47. The molecule has 0 saturated carbocycles. The zero-order valence-corrected chi connectivity index (χ0v) is 13.5. The zero-order valence-electron chi connectivity index (χ0n) is 12.7. The topological polar surface area (TPSA) is 62.3 Å². The highest BCUT2D eigenvalue weighted by Crippen LogP contribution is 2.22. The van der Waals surface area contributed by atoms with Crippen LogP contribution in [0, 0.1) is 5.82 Å². The monoisotopic (exact) mass is 347 g/mol. The fourth-order valence-corrected chi connectivity index (χ4v) is 2.97. The first kappa shape index (κ1) is 16.4. The number of rotatable bonds is 3. The van der Waals surface area contributed by atoms with E-state index in [4.69, 9.17) is 11.6 Å². The largest absolute Gasteiger partial charge is 0.340 e. The molecule has 1 aromatic carbocycles. The highest BCUT2D eigenvalue weighted by Gasteiger charge is 2.32. The Bertz CT molecular complexity index is 749. The first-order valence-corrected chi connectivity index (χ1v) is 7.92. The number of amides is 2. The van der Waals surface area contributed by atoms with Crippen LogP contribution in [-0.2, 0) is 4.79 Å². The van der Waals surface area contributed by atoms with Crippen molar-refractivity contribution in [1.82, 2.24) is 10.3 Å². The van der Waals surface area contributed by atoms with Gasteiger partial charge in [0.05, 0.1) is 22.5 Å². The van der Waals surface area contributed by atoms with E-state index in [9.17, 15) is 14.0 Å². The summed E-state index contributed by atoms with van der Waals surface area (Å²) in [5.74, 6) is -1.65. The molecule has 0 aliphatic carbocycles. The first-order valence-electron chi connectivity index (χ1n) is 7.54. The summed E-state index contributed by atoms with van der Waals surface area (Å²) in [5.41, 5.74) is 0.427. The predicted molar refractivity (Wildman–Crippen MR) is 88.5 cm³/mol. The van der Waals surface area contributed by atoms with Crippen LogP contribution in [0.15, 0.2) is 42.7 Å². The Labute approximate surface area is 143 Å². The van der Waals surface area contributed by atoms with Gasteiger partial charge in [0, 0.05) is 12.7 Å². The Morgan fingerprint density at radius 2 is 2.17 bits per heavy atom. The lowest BCUT2D eigenvalue weighted by molar-refractivity contribution is -0.121. The number of nitrogens with one attached hydrogen (secondary N) is 1. The summed E-state index contributed by atoms with van der Waals surface area (Å²) >= 11 is 5.90. The number of piperidine rings is 1. The molecule has 1 aromatic heterocycles. The second kappa shape index (κ2) is 6.97. The molecular weight excluding hydrogens is 333 g/mol. The van der Waals surface area contributed by atoms with E-state index in [0.29, 0.717) is 18.7 Å². The number of halogens is 2. The molecule has 1 aliphatic rings. The van der Waals surface area contributed by atoms with Crippen molar-refractivity contribution in [2.75, 3.05) is 11.4 Å². The van der Waals surface area contributed by atoms with E-state index in [1.165, 1.54) is 12.1 Å². The molecule has 24 heavy (non-hydrogen) atoms. The number of nitrogens with zero attached hydrogens (tertiary/aromatic N) is 2. The molecule has 5 nitrogen and oxygen atoms in total. The van der Waals surface area contributed by atoms with Crippen LogP contribution in [0.2, 0.25) is 5.02 Å². The summed E-state index contributed by atoms with van der Waals surface area (Å²) in [4.78, 5) is 30.5. The SMILES string of the molecule is O=C(NC1CCCN(c2cccnc2)C1=O)c1c(F)cccc1Cl. The summed E-state index contributed by atoms with van der Waals surface area (Å²) in [6, 6.07) is 6.81. The van der Waals surface area contributed by atoms with E-state index in [1.807, 2.05) is 0 Å². The van der Waals surface area contributed by atoms with Crippen molar-refractivity contribution in [1.29, 1.82) is 0 Å². The molecule has 2 aromatic rings. The number of anilines is 1. The van der Waals surface area contributed by atoms with Crippen molar-refractivity contribution in [3.8, 4) is 0 Å². The van der Waals surface area contributed by atoms with Crippen LogP contribution in [0.5, 0.6) is 0 Å². The third-order valence-corrected chi connectivity index (χ3v) is 4.21. The third-order valence-electron chi connectivity index (χ3n) is 3.89. The van der Waals surface area contributed by atoms with Crippen LogP contribution >= 0.6 is 11.6 Å². The van der Waals surface area contributed by atoms with Gasteiger partial charge in [0.25, 0.3) is 5.91 Å². The number of hydrogen-bond acceptors (Lipinski definition) is 3. The second-order valence-corrected chi connectivity index (χ2v) is 5.87. The van der Waals surface area contributed by atoms with Gasteiger partial charge in [0.2, 0.25) is 5.91 Å². The molecule has 0 radical (unpaired) electrons. The minimum Gasteiger partial charge on any atom is -0.340 e. The minimum absolute atomic E-state index is 0.0138. The van der Waals surface area contributed by atoms with E-state index in [-0.39, 0.29) is 16.5 Å². The standard InChI is InChI=1S/C17H15ClFN3O2/c18-12-5-1-6-13(19)15(12)16(23)21-14-7-3-9-22(17(14)24)11-4-2-8-20-10-11/h1-2,4-6,8,10,14H,3,7,9H2,(H,21,23). The number of hydrogen-bond donors (Lipinski definition) is 1. The number of carbonyl (C=O) groups is 2. The summed E-state index contributed by atoms with van der Waals surface area (Å²) in [5, 5.41) is 2.61. The molecule has 0 bridgehead atoms. The molecule has 1 saturated heterocycles. The van der Waals surface area contributed by atoms with E-state index < -0.39 is 17.8 Å². The summed E-state index contributed by atoms with van der Waals surface area (Å²) in [6.45, 7) is 0.553. The van der Waals surface area contributed by atoms with Gasteiger partial charge in [-0.25, -0.2) is 4.39 Å². The number of benzene rings is 1. The molecule has 7 heteroatoms. The van der Waals surface area contributed by atoms with Gasteiger partial charge in [-0.3, -0.25) is 14.6 Å². The smallest absolute Gasteiger partial charge is 0.256 e. The van der Waals surface area contributed by atoms with Crippen LogP contribution in [-0.4, -0.2) is 29.4 Å². The molecule has 1 aliphatic heterocycles. The quantitative estimate of drug-likeness (QED) is 0.928. The molecule has 2 amide bonds. The minimum atomic E-state index is -0.720. The fraction of sp³-hybridized carbons (Fsp3) is 0.235. The molecule has 1 N–H and O–H groups in total. The molecule has 124 valence electrons. The molecule has 1 unspecified atom stereocenters. The highest BCUT2D eigenvalue weighted by atomic mass is 35.5. The van der Waals surface area contributed by atoms with E-state index in [1.54, 1.807) is 29.4 Å². The van der Waals surface area contributed by atoms with Gasteiger partial charge in [0.15, 0.2) is 0 Å². The van der Waals surface area contributed by atoms with Crippen LogP contribution in [0.4, 0.5) is 10.1 Å². The Balaban J connectivity index is 1.78. The lowest BCUT2D eigenvalue weighted by Gasteiger charge is -2.32. The van der Waals surface area contributed by atoms with Gasteiger partial charge in [0.1, 0.15) is 11.9 Å². The summed E-state index contributed by atoms with van der Waals surface area (Å²) < 4.78 is 13.8. The van der Waals surface area contributed by atoms with Gasteiger partial charge in [-0.1, -0.05) is 17.7 Å². The van der Waals surface area contributed by atoms with Gasteiger partial charge < -0.3 is 10.2 Å². The van der Waals surface area contributed by atoms with Gasteiger partial charge in [-0.15, -0.1) is 0 Å².